The van der Waals surface area contributed by atoms with Crippen LogP contribution in [-0.2, 0) is 16.0 Å². The van der Waals surface area contributed by atoms with Gasteiger partial charge in [0, 0.05) is 0 Å². The van der Waals surface area contributed by atoms with E-state index in [0.29, 0.717) is 6.54 Å². The Morgan fingerprint density at radius 3 is 2.00 bits per heavy atom. The summed E-state index contributed by atoms with van der Waals surface area (Å²) in [5.41, 5.74) is 10.0. The number of rotatable bonds is 1. The van der Waals surface area contributed by atoms with Gasteiger partial charge in [0.15, 0.2) is 0 Å². The van der Waals surface area contributed by atoms with Gasteiger partial charge >= 0.3 is 39.0 Å². The van der Waals surface area contributed by atoms with E-state index >= 15 is 0 Å². The van der Waals surface area contributed by atoms with Crippen LogP contribution >= 0.6 is 0 Å². The van der Waals surface area contributed by atoms with E-state index in [1.54, 1.807) is 0 Å². The van der Waals surface area contributed by atoms with Crippen molar-refractivity contribution >= 4 is 0 Å². The SMILES string of the molecule is NC[CH](N)[Fe]. The summed E-state index contributed by atoms with van der Waals surface area (Å²) >= 11 is 3.41. The number of hydrogen-bond acceptors (Lipinski definition) is 2. The van der Waals surface area contributed by atoms with E-state index in [0.717, 1.165) is 0 Å². The zero-order valence-electron chi connectivity index (χ0n) is 2.79. The quantitative estimate of drug-likeness (QED) is 0.420. The van der Waals surface area contributed by atoms with E-state index in [1.807, 2.05) is 0 Å². The van der Waals surface area contributed by atoms with E-state index in [-0.39, 0.29) is 4.94 Å². The average molecular weight is 115 g/mol. The Hall–Kier alpha value is 0.439. The summed E-state index contributed by atoms with van der Waals surface area (Å²) in [6.07, 6.45) is 0. The molecule has 1 unspecified atom stereocenters. The summed E-state index contributed by atoms with van der Waals surface area (Å²) in [4.78, 5) is -0.0880. The van der Waals surface area contributed by atoms with Crippen molar-refractivity contribution in [1.82, 2.24) is 0 Å². The van der Waals surface area contributed by atoms with Gasteiger partial charge in [0.2, 0.25) is 0 Å². The Morgan fingerprint density at radius 1 is 1.80 bits per heavy atom. The van der Waals surface area contributed by atoms with Gasteiger partial charge < -0.3 is 0 Å². The maximum absolute atomic E-state index is 5.06. The van der Waals surface area contributed by atoms with Crippen molar-refractivity contribution in [3.05, 3.63) is 0 Å². The van der Waals surface area contributed by atoms with Crippen LogP contribution in [0.25, 0.3) is 0 Å². The molecule has 0 saturated carbocycles. The second-order valence-electron chi connectivity index (χ2n) is 0.734. The Bertz CT molecular complexity index is 21.6. The van der Waals surface area contributed by atoms with E-state index in [4.69, 9.17) is 11.5 Å². The van der Waals surface area contributed by atoms with Crippen molar-refractivity contribution in [3.8, 4) is 0 Å². The van der Waals surface area contributed by atoms with E-state index in [1.165, 1.54) is 0 Å². The van der Waals surface area contributed by atoms with Crippen LogP contribution in [0.3, 0.4) is 0 Å². The van der Waals surface area contributed by atoms with E-state index in [9.17, 15) is 0 Å². The van der Waals surface area contributed by atoms with Gasteiger partial charge in [0.25, 0.3) is 0 Å². The van der Waals surface area contributed by atoms with Gasteiger partial charge in [-0.2, -0.15) is 0 Å². The standard InChI is InChI=1S/C2H7N2.Fe/c3-1-2-4;/h1H,2-4H2;. The van der Waals surface area contributed by atoms with Crippen LogP contribution in [-0.4, -0.2) is 11.5 Å². The van der Waals surface area contributed by atoms with Crippen LogP contribution < -0.4 is 11.5 Å². The van der Waals surface area contributed by atoms with Crippen molar-refractivity contribution in [2.75, 3.05) is 6.54 Å². The van der Waals surface area contributed by atoms with Gasteiger partial charge in [0.1, 0.15) is 0 Å². The summed E-state index contributed by atoms with van der Waals surface area (Å²) in [6.45, 7) is 0.472. The van der Waals surface area contributed by atoms with Crippen LogP contribution in [0.5, 0.6) is 0 Å². The molecule has 0 aromatic rings. The molecular formula is C2H7FeN2. The first kappa shape index (κ1) is 5.44. The fourth-order valence-corrected chi connectivity index (χ4v) is 0. The normalized spacial score (nSPS) is 15.0. The fourth-order valence-electron chi connectivity index (χ4n) is 0. The second-order valence-corrected chi connectivity index (χ2v) is 1.55. The van der Waals surface area contributed by atoms with Crippen LogP contribution in [0.1, 0.15) is 0 Å². The van der Waals surface area contributed by atoms with Crippen molar-refractivity contribution in [1.29, 1.82) is 0 Å². The third kappa shape index (κ3) is 4.44. The summed E-state index contributed by atoms with van der Waals surface area (Å²) in [7, 11) is 0. The van der Waals surface area contributed by atoms with Crippen molar-refractivity contribution in [3.63, 3.8) is 0 Å². The number of nitrogens with two attached hydrogens (primary N) is 2. The predicted octanol–water partition coefficient (Wildman–Crippen LogP) is -1.22. The third-order valence-electron chi connectivity index (χ3n) is 0.219. The van der Waals surface area contributed by atoms with Crippen LogP contribution in [0, 0.1) is 0 Å². The van der Waals surface area contributed by atoms with Crippen molar-refractivity contribution in [2.45, 2.75) is 4.94 Å². The molecule has 4 N–H and O–H groups in total. The monoisotopic (exact) mass is 115 g/mol. The molecule has 2 nitrogen and oxygen atoms in total. The third-order valence-corrected chi connectivity index (χ3v) is 0.480. The van der Waals surface area contributed by atoms with Crippen molar-refractivity contribution < 1.29 is 16.0 Å². The molecule has 0 aromatic heterocycles. The molecule has 0 bridgehead atoms. The first-order chi connectivity index (χ1) is 2.27. The molecule has 0 radical (unpaired) electrons. The van der Waals surface area contributed by atoms with Gasteiger partial charge in [-0.3, -0.25) is 0 Å². The molecule has 3 heteroatoms. The molecule has 0 spiro atoms. The van der Waals surface area contributed by atoms with Gasteiger partial charge in [-0.05, 0) is 0 Å². The molecule has 1 atom stereocenters. The number of hydrogen-bond donors (Lipinski definition) is 2. The molecule has 33 valence electrons. The Morgan fingerprint density at radius 2 is 2.00 bits per heavy atom. The summed E-state index contributed by atoms with van der Waals surface area (Å²) in [5, 5.41) is 0. The van der Waals surface area contributed by atoms with E-state index in [2.05, 4.69) is 16.0 Å². The first-order valence-corrected chi connectivity index (χ1v) is 1.99. The molecule has 0 amide bonds. The maximum atomic E-state index is 5.06. The van der Waals surface area contributed by atoms with Gasteiger partial charge in [-0.15, -0.1) is 0 Å². The molecule has 0 heterocycles. The summed E-state index contributed by atoms with van der Waals surface area (Å²) in [6, 6.07) is 0. The Balaban J connectivity index is 2.54. The molecule has 0 aliphatic carbocycles. The Kier molecular flexibility index (Phi) is 2.90. The van der Waals surface area contributed by atoms with Gasteiger partial charge in [-0.1, -0.05) is 0 Å². The van der Waals surface area contributed by atoms with Crippen molar-refractivity contribution in [2.24, 2.45) is 11.5 Å². The molecule has 0 rings (SSSR count). The minimum absolute atomic E-state index is 0.0880. The van der Waals surface area contributed by atoms with E-state index < -0.39 is 0 Å². The molecule has 0 aliphatic rings. The van der Waals surface area contributed by atoms with Gasteiger partial charge in [0.05, 0.1) is 0 Å². The predicted molar refractivity (Wildman–Crippen MR) is 17.0 cm³/mol. The summed E-state index contributed by atoms with van der Waals surface area (Å²) < 4.78 is 0. The Labute approximate surface area is 39.7 Å². The topological polar surface area (TPSA) is 52.0 Å². The van der Waals surface area contributed by atoms with Gasteiger partial charge in [-0.25, -0.2) is 0 Å². The van der Waals surface area contributed by atoms with Crippen LogP contribution in [0.15, 0.2) is 0 Å². The zero-order valence-corrected chi connectivity index (χ0v) is 3.90. The minimum atomic E-state index is -0.0880. The molecule has 5 heavy (non-hydrogen) atoms. The molecule has 0 saturated heterocycles. The first-order valence-electron chi connectivity index (χ1n) is 1.35. The molecule has 0 aromatic carbocycles. The fraction of sp³-hybridized carbons (Fsp3) is 1.00. The molecule has 0 fully saturated rings. The zero-order chi connectivity index (χ0) is 4.28. The van der Waals surface area contributed by atoms with Crippen LogP contribution in [0.4, 0.5) is 0 Å². The molecule has 0 aliphatic heterocycles. The average Bonchev–Trinajstić information content (AvgIpc) is 1.38. The molecular weight excluding hydrogens is 108 g/mol. The van der Waals surface area contributed by atoms with Crippen LogP contribution in [0.2, 0.25) is 0 Å². The second kappa shape index (κ2) is 2.66. The summed E-state index contributed by atoms with van der Waals surface area (Å²) in [5.74, 6) is 0.